The zero-order valence-electron chi connectivity index (χ0n) is 11.0. The van der Waals surface area contributed by atoms with E-state index in [9.17, 15) is 4.79 Å². The molecular weight excluding hydrogens is 290 g/mol. The highest BCUT2D eigenvalue weighted by atomic mass is 32.1. The summed E-state index contributed by atoms with van der Waals surface area (Å²) in [6.45, 7) is 0. The van der Waals surface area contributed by atoms with E-state index in [4.69, 9.17) is 0 Å². The molecule has 2 aliphatic rings. The van der Waals surface area contributed by atoms with Crippen LogP contribution in [0.15, 0.2) is 6.20 Å². The monoisotopic (exact) mass is 305 g/mol. The number of hydrogen-bond acceptors (Lipinski definition) is 5. The molecule has 2 heterocycles. The fourth-order valence-corrected chi connectivity index (χ4v) is 4.50. The van der Waals surface area contributed by atoms with Gasteiger partial charge in [-0.1, -0.05) is 0 Å². The molecule has 0 bridgehead atoms. The molecule has 2 aromatic heterocycles. The normalized spacial score (nSPS) is 17.8. The summed E-state index contributed by atoms with van der Waals surface area (Å²) in [7, 11) is 0. The second kappa shape index (κ2) is 4.93. The van der Waals surface area contributed by atoms with E-state index < -0.39 is 0 Å². The van der Waals surface area contributed by atoms with Crippen LogP contribution in [0.25, 0.3) is 0 Å². The van der Waals surface area contributed by atoms with Crippen molar-refractivity contribution in [3.8, 4) is 0 Å². The standard InChI is InChI=1S/C14H15N3OS2/c18-12(11-7-15-13(19-11)8-5-6-8)17-14-16-9-3-1-2-4-10(9)20-14/h7-8H,1-6H2,(H,16,17,18). The van der Waals surface area contributed by atoms with Crippen molar-refractivity contribution in [3.63, 3.8) is 0 Å². The highest BCUT2D eigenvalue weighted by Crippen LogP contribution is 2.41. The molecule has 0 saturated heterocycles. The average molecular weight is 305 g/mol. The number of aryl methyl sites for hydroxylation is 2. The smallest absolute Gasteiger partial charge is 0.269 e. The lowest BCUT2D eigenvalue weighted by atomic mass is 10.0. The third-order valence-corrected chi connectivity index (χ3v) is 5.97. The Morgan fingerprint density at radius 3 is 2.90 bits per heavy atom. The van der Waals surface area contributed by atoms with E-state index in [2.05, 4.69) is 15.3 Å². The number of nitrogens with one attached hydrogen (secondary N) is 1. The Kier molecular flexibility index (Phi) is 3.07. The second-order valence-electron chi connectivity index (χ2n) is 5.39. The van der Waals surface area contributed by atoms with Crippen molar-refractivity contribution < 1.29 is 4.79 Å². The van der Waals surface area contributed by atoms with Crippen LogP contribution in [0, 0.1) is 0 Å². The van der Waals surface area contributed by atoms with Crippen molar-refractivity contribution in [1.82, 2.24) is 9.97 Å². The van der Waals surface area contributed by atoms with E-state index in [0.717, 1.165) is 23.0 Å². The first-order valence-electron chi connectivity index (χ1n) is 7.05. The molecule has 0 aromatic carbocycles. The molecule has 0 spiro atoms. The number of anilines is 1. The number of rotatable bonds is 3. The third-order valence-electron chi connectivity index (χ3n) is 3.74. The molecule has 20 heavy (non-hydrogen) atoms. The van der Waals surface area contributed by atoms with Gasteiger partial charge in [-0.15, -0.1) is 22.7 Å². The Hall–Kier alpha value is -1.27. The van der Waals surface area contributed by atoms with Crippen LogP contribution < -0.4 is 5.32 Å². The Balaban J connectivity index is 1.49. The predicted octanol–water partition coefficient (Wildman–Crippen LogP) is 3.61. The van der Waals surface area contributed by atoms with Gasteiger partial charge >= 0.3 is 0 Å². The van der Waals surface area contributed by atoms with Crippen molar-refractivity contribution in [2.24, 2.45) is 0 Å². The summed E-state index contributed by atoms with van der Waals surface area (Å²) < 4.78 is 0. The zero-order valence-corrected chi connectivity index (χ0v) is 12.6. The molecule has 1 amide bonds. The first kappa shape index (κ1) is 12.5. The molecule has 0 radical (unpaired) electrons. The molecule has 4 nitrogen and oxygen atoms in total. The van der Waals surface area contributed by atoms with Crippen LogP contribution >= 0.6 is 22.7 Å². The number of hydrogen-bond donors (Lipinski definition) is 1. The van der Waals surface area contributed by atoms with Gasteiger partial charge in [-0.05, 0) is 38.5 Å². The van der Waals surface area contributed by atoms with Gasteiger partial charge in [-0.25, -0.2) is 9.97 Å². The number of thiazole rings is 2. The summed E-state index contributed by atoms with van der Waals surface area (Å²) >= 11 is 3.14. The van der Waals surface area contributed by atoms with E-state index in [-0.39, 0.29) is 5.91 Å². The van der Waals surface area contributed by atoms with E-state index in [1.54, 1.807) is 17.5 Å². The van der Waals surface area contributed by atoms with Gasteiger partial charge in [0.2, 0.25) is 0 Å². The molecule has 0 aliphatic heterocycles. The van der Waals surface area contributed by atoms with Crippen LogP contribution in [0.4, 0.5) is 5.13 Å². The predicted molar refractivity (Wildman–Crippen MR) is 80.8 cm³/mol. The first-order valence-corrected chi connectivity index (χ1v) is 8.68. The van der Waals surface area contributed by atoms with Gasteiger partial charge in [-0.2, -0.15) is 0 Å². The SMILES string of the molecule is O=C(Nc1nc2c(s1)CCCC2)c1cnc(C2CC2)s1. The minimum atomic E-state index is -0.0690. The van der Waals surface area contributed by atoms with Crippen molar-refractivity contribution >= 4 is 33.7 Å². The molecule has 6 heteroatoms. The Bertz CT molecular complexity index is 634. The van der Waals surface area contributed by atoms with Crippen LogP contribution in [0.5, 0.6) is 0 Å². The molecule has 1 N–H and O–H groups in total. The van der Waals surface area contributed by atoms with E-state index in [0.29, 0.717) is 10.8 Å². The Morgan fingerprint density at radius 2 is 2.10 bits per heavy atom. The van der Waals surface area contributed by atoms with Crippen LogP contribution in [0.1, 0.15) is 56.9 Å². The number of carbonyl (C=O) groups is 1. The second-order valence-corrected chi connectivity index (χ2v) is 7.53. The third kappa shape index (κ3) is 2.38. The largest absolute Gasteiger partial charge is 0.297 e. The molecule has 0 unspecified atom stereocenters. The van der Waals surface area contributed by atoms with Crippen LogP contribution in [0.3, 0.4) is 0 Å². The molecule has 2 aliphatic carbocycles. The van der Waals surface area contributed by atoms with Crippen molar-refractivity contribution in [2.75, 3.05) is 5.32 Å². The van der Waals surface area contributed by atoms with Gasteiger partial charge in [0.1, 0.15) is 4.88 Å². The maximum absolute atomic E-state index is 12.2. The maximum atomic E-state index is 12.2. The van der Waals surface area contributed by atoms with Crippen molar-refractivity contribution in [2.45, 2.75) is 44.4 Å². The number of carbonyl (C=O) groups excluding carboxylic acids is 1. The molecule has 0 atom stereocenters. The van der Waals surface area contributed by atoms with Crippen LogP contribution in [0.2, 0.25) is 0 Å². The van der Waals surface area contributed by atoms with Gasteiger partial charge in [0.25, 0.3) is 5.91 Å². The van der Waals surface area contributed by atoms with E-state index in [1.807, 2.05) is 0 Å². The van der Waals surface area contributed by atoms with Gasteiger partial charge in [-0.3, -0.25) is 10.1 Å². The van der Waals surface area contributed by atoms with Crippen molar-refractivity contribution in [3.05, 3.63) is 26.7 Å². The number of aromatic nitrogens is 2. The molecule has 4 rings (SSSR count). The lowest BCUT2D eigenvalue weighted by Gasteiger charge is -2.06. The Labute approximate surface area is 125 Å². The van der Waals surface area contributed by atoms with Crippen LogP contribution in [-0.4, -0.2) is 15.9 Å². The van der Waals surface area contributed by atoms with E-state index >= 15 is 0 Å². The van der Waals surface area contributed by atoms with Gasteiger partial charge in [0.05, 0.1) is 16.9 Å². The molecular formula is C14H15N3OS2. The summed E-state index contributed by atoms with van der Waals surface area (Å²) in [4.78, 5) is 23.1. The van der Waals surface area contributed by atoms with Crippen molar-refractivity contribution in [1.29, 1.82) is 0 Å². The fraction of sp³-hybridized carbons (Fsp3) is 0.500. The maximum Gasteiger partial charge on any atom is 0.269 e. The highest BCUT2D eigenvalue weighted by Gasteiger charge is 2.27. The van der Waals surface area contributed by atoms with Gasteiger partial charge in [0, 0.05) is 10.8 Å². The fourth-order valence-electron chi connectivity index (χ4n) is 2.48. The molecule has 1 saturated carbocycles. The summed E-state index contributed by atoms with van der Waals surface area (Å²) in [5.74, 6) is 0.536. The lowest BCUT2D eigenvalue weighted by molar-refractivity contribution is 0.103. The van der Waals surface area contributed by atoms with Crippen LogP contribution in [-0.2, 0) is 12.8 Å². The Morgan fingerprint density at radius 1 is 1.25 bits per heavy atom. The number of fused-ring (bicyclic) bond motifs is 1. The van der Waals surface area contributed by atoms with E-state index in [1.165, 1.54) is 47.6 Å². The van der Waals surface area contributed by atoms with Gasteiger partial charge < -0.3 is 0 Å². The first-order chi connectivity index (χ1) is 9.79. The topological polar surface area (TPSA) is 54.9 Å². The minimum Gasteiger partial charge on any atom is -0.297 e. The summed E-state index contributed by atoms with van der Waals surface area (Å²) in [5.41, 5.74) is 1.18. The quantitative estimate of drug-likeness (QED) is 0.942. The molecule has 104 valence electrons. The summed E-state index contributed by atoms with van der Waals surface area (Å²) in [5, 5.41) is 4.77. The number of nitrogens with zero attached hydrogens (tertiary/aromatic N) is 2. The summed E-state index contributed by atoms with van der Waals surface area (Å²) in [6, 6.07) is 0. The minimum absolute atomic E-state index is 0.0690. The highest BCUT2D eigenvalue weighted by molar-refractivity contribution is 7.16. The zero-order chi connectivity index (χ0) is 13.5. The average Bonchev–Trinajstić information content (AvgIpc) is 3.03. The molecule has 1 fully saturated rings. The lowest BCUT2D eigenvalue weighted by Crippen LogP contribution is -2.09. The summed E-state index contributed by atoms with van der Waals surface area (Å²) in [6.07, 6.45) is 8.73. The molecule has 2 aromatic rings. The van der Waals surface area contributed by atoms with Gasteiger partial charge in [0.15, 0.2) is 5.13 Å². The number of amides is 1.